The molecule has 7 nitrogen and oxygen atoms in total. The van der Waals surface area contributed by atoms with Crippen molar-refractivity contribution in [3.05, 3.63) is 58.8 Å². The number of hydrogen-bond acceptors (Lipinski definition) is 6. The summed E-state index contributed by atoms with van der Waals surface area (Å²) in [6.07, 6.45) is 5.62. The Hall–Kier alpha value is -3.83. The number of terminal acetylenes is 1. The quantitative estimate of drug-likeness (QED) is 0.443. The van der Waals surface area contributed by atoms with Crippen LogP contribution in [0.5, 0.6) is 11.5 Å². The molecule has 2 aromatic carbocycles. The second-order valence-corrected chi connectivity index (χ2v) is 8.94. The predicted octanol–water partition coefficient (Wildman–Crippen LogP) is 4.59. The summed E-state index contributed by atoms with van der Waals surface area (Å²) in [4.78, 5) is 17.5. The van der Waals surface area contributed by atoms with Crippen LogP contribution in [0.1, 0.15) is 34.7 Å². The van der Waals surface area contributed by atoms with Crippen LogP contribution in [0.15, 0.2) is 36.4 Å². The van der Waals surface area contributed by atoms with Gasteiger partial charge in [-0.3, -0.25) is 4.79 Å². The first-order valence-electron chi connectivity index (χ1n) is 10.5. The zero-order chi connectivity index (χ0) is 23.1. The highest BCUT2D eigenvalue weighted by Crippen LogP contribution is 2.43. The van der Waals surface area contributed by atoms with Gasteiger partial charge in [-0.1, -0.05) is 29.4 Å². The third kappa shape index (κ3) is 3.70. The fraction of sp³-hybridized carbons (Fsp3) is 0.240. The van der Waals surface area contributed by atoms with Crippen LogP contribution in [0, 0.1) is 26.2 Å². The van der Waals surface area contributed by atoms with E-state index in [9.17, 15) is 4.79 Å². The highest BCUT2D eigenvalue weighted by Gasteiger charge is 2.33. The molecule has 0 saturated carbocycles. The maximum atomic E-state index is 12.7. The van der Waals surface area contributed by atoms with E-state index in [0.717, 1.165) is 32.2 Å². The summed E-state index contributed by atoms with van der Waals surface area (Å²) < 4.78 is 13.9. The zero-order valence-electron chi connectivity index (χ0n) is 18.5. The molecule has 1 aliphatic heterocycles. The van der Waals surface area contributed by atoms with E-state index in [0.29, 0.717) is 23.7 Å². The maximum absolute atomic E-state index is 12.7. The molecule has 2 aromatic heterocycles. The molecular weight excluding hydrogens is 436 g/mol. The first kappa shape index (κ1) is 21.0. The van der Waals surface area contributed by atoms with Crippen LogP contribution < -0.4 is 14.8 Å². The van der Waals surface area contributed by atoms with Gasteiger partial charge in [0, 0.05) is 17.9 Å². The Morgan fingerprint density at radius 1 is 1.24 bits per heavy atom. The first-order valence-corrected chi connectivity index (χ1v) is 11.3. The van der Waals surface area contributed by atoms with Crippen LogP contribution in [0.4, 0.5) is 5.82 Å². The molecule has 1 atom stereocenters. The van der Waals surface area contributed by atoms with Gasteiger partial charge in [0.2, 0.25) is 11.0 Å². The number of methoxy groups -OCH3 is 1. The molecule has 4 aromatic rings. The average Bonchev–Trinajstić information content (AvgIpc) is 3.37. The monoisotopic (exact) mass is 458 g/mol. The van der Waals surface area contributed by atoms with Crippen molar-refractivity contribution in [1.82, 2.24) is 14.8 Å². The fourth-order valence-corrected chi connectivity index (χ4v) is 5.24. The van der Waals surface area contributed by atoms with E-state index in [-0.39, 0.29) is 18.4 Å². The molecule has 0 fully saturated rings. The molecule has 1 amide bonds. The van der Waals surface area contributed by atoms with E-state index in [1.165, 1.54) is 5.56 Å². The Morgan fingerprint density at radius 3 is 2.88 bits per heavy atom. The molecule has 3 heterocycles. The second-order valence-electron chi connectivity index (χ2n) is 7.94. The average molecular weight is 459 g/mol. The maximum Gasteiger partial charge on any atom is 0.226 e. The predicted molar refractivity (Wildman–Crippen MR) is 129 cm³/mol. The summed E-state index contributed by atoms with van der Waals surface area (Å²) in [7, 11) is 1.58. The van der Waals surface area contributed by atoms with Gasteiger partial charge in [0.05, 0.1) is 23.0 Å². The van der Waals surface area contributed by atoms with E-state index >= 15 is 0 Å². The van der Waals surface area contributed by atoms with Gasteiger partial charge in [-0.15, -0.1) is 6.42 Å². The largest absolute Gasteiger partial charge is 0.493 e. The van der Waals surface area contributed by atoms with E-state index in [4.69, 9.17) is 26.0 Å². The molecular formula is C25H22N4O3S. The Morgan fingerprint density at radius 2 is 2.09 bits per heavy atom. The summed E-state index contributed by atoms with van der Waals surface area (Å²) in [5.74, 6) is 4.01. The lowest BCUT2D eigenvalue weighted by atomic mass is 9.85. The van der Waals surface area contributed by atoms with Crippen molar-refractivity contribution in [1.29, 1.82) is 0 Å². The molecule has 33 heavy (non-hydrogen) atoms. The number of nitrogens with one attached hydrogen (secondary N) is 1. The Balaban J connectivity index is 1.60. The van der Waals surface area contributed by atoms with Crippen LogP contribution >= 0.6 is 11.3 Å². The minimum atomic E-state index is -0.172. The van der Waals surface area contributed by atoms with Crippen LogP contribution in [0.25, 0.3) is 15.3 Å². The summed E-state index contributed by atoms with van der Waals surface area (Å²) in [6, 6.07) is 11.8. The molecule has 1 N–H and O–H groups in total. The Labute approximate surface area is 195 Å². The molecule has 0 spiro atoms. The van der Waals surface area contributed by atoms with Gasteiger partial charge in [0.25, 0.3) is 0 Å². The lowest BCUT2D eigenvalue weighted by Gasteiger charge is -2.24. The van der Waals surface area contributed by atoms with Crippen molar-refractivity contribution in [3.63, 3.8) is 0 Å². The summed E-state index contributed by atoms with van der Waals surface area (Å²) in [5, 5.41) is 8.50. The number of benzene rings is 2. The van der Waals surface area contributed by atoms with Gasteiger partial charge in [-0.2, -0.15) is 9.78 Å². The van der Waals surface area contributed by atoms with Crippen molar-refractivity contribution in [2.45, 2.75) is 26.2 Å². The molecule has 0 saturated heterocycles. The molecule has 0 bridgehead atoms. The molecule has 5 rings (SSSR count). The molecule has 1 unspecified atom stereocenters. The number of carbonyl (C=O) groups is 1. The third-order valence-corrected chi connectivity index (χ3v) is 6.71. The summed E-state index contributed by atoms with van der Waals surface area (Å²) in [6.45, 7) is 4.17. The van der Waals surface area contributed by atoms with Crippen molar-refractivity contribution in [2.24, 2.45) is 0 Å². The van der Waals surface area contributed by atoms with Crippen molar-refractivity contribution >= 4 is 33.3 Å². The Bertz CT molecular complexity index is 1430. The van der Waals surface area contributed by atoms with Crippen LogP contribution in [-0.2, 0) is 4.79 Å². The number of nitrogens with zero attached hydrogens (tertiary/aromatic N) is 3. The standard InChI is InChI=1S/C25H22N4O3S/c1-5-10-32-19-9-7-16(12-20(19)31-4)17-13-22(30)27-24-23(17)15(3)28-29(24)25-26-18-8-6-14(2)11-21(18)33-25/h1,6-9,11-12,17H,10,13H2,2-4H3,(H,27,30). The number of anilines is 1. The minimum absolute atomic E-state index is 0.0720. The minimum Gasteiger partial charge on any atom is -0.493 e. The highest BCUT2D eigenvalue weighted by molar-refractivity contribution is 7.20. The van der Waals surface area contributed by atoms with Gasteiger partial charge in [0.1, 0.15) is 12.4 Å². The smallest absolute Gasteiger partial charge is 0.226 e. The fourth-order valence-electron chi connectivity index (χ4n) is 4.22. The number of rotatable bonds is 5. The zero-order valence-corrected chi connectivity index (χ0v) is 19.3. The lowest BCUT2D eigenvalue weighted by Crippen LogP contribution is -2.25. The normalized spacial score (nSPS) is 15.1. The van der Waals surface area contributed by atoms with Gasteiger partial charge in [-0.05, 0) is 49.2 Å². The molecule has 166 valence electrons. The number of thiazole rings is 1. The highest BCUT2D eigenvalue weighted by atomic mass is 32.1. The van der Waals surface area contributed by atoms with Crippen molar-refractivity contribution < 1.29 is 14.3 Å². The van der Waals surface area contributed by atoms with Gasteiger partial charge in [-0.25, -0.2) is 4.98 Å². The third-order valence-electron chi connectivity index (χ3n) is 5.72. The number of aryl methyl sites for hydroxylation is 2. The van der Waals surface area contributed by atoms with Crippen LogP contribution in [0.2, 0.25) is 0 Å². The molecule has 8 heteroatoms. The van der Waals surface area contributed by atoms with Crippen LogP contribution in [-0.4, -0.2) is 34.4 Å². The molecule has 0 radical (unpaired) electrons. The van der Waals surface area contributed by atoms with Crippen molar-refractivity contribution in [3.8, 4) is 29.0 Å². The number of ether oxygens (including phenoxy) is 2. The number of carbonyl (C=O) groups excluding carboxylic acids is 1. The van der Waals surface area contributed by atoms with Gasteiger partial charge >= 0.3 is 0 Å². The number of hydrogen-bond donors (Lipinski definition) is 1. The van der Waals surface area contributed by atoms with Gasteiger partial charge in [0.15, 0.2) is 11.5 Å². The topological polar surface area (TPSA) is 78.3 Å². The number of fused-ring (bicyclic) bond motifs is 2. The van der Waals surface area contributed by atoms with Crippen LogP contribution in [0.3, 0.4) is 0 Å². The number of amides is 1. The van der Waals surface area contributed by atoms with Gasteiger partial charge < -0.3 is 14.8 Å². The van der Waals surface area contributed by atoms with E-state index in [2.05, 4.69) is 24.2 Å². The molecule has 0 aliphatic carbocycles. The van der Waals surface area contributed by atoms with E-state index in [1.807, 2.05) is 37.3 Å². The van der Waals surface area contributed by atoms with Crippen molar-refractivity contribution in [2.75, 3.05) is 19.0 Å². The summed E-state index contributed by atoms with van der Waals surface area (Å²) >= 11 is 1.55. The number of aromatic nitrogens is 3. The lowest BCUT2D eigenvalue weighted by molar-refractivity contribution is -0.116. The Kier molecular flexibility index (Phi) is 5.27. The van der Waals surface area contributed by atoms with E-state index < -0.39 is 0 Å². The SMILES string of the molecule is C#CCOc1ccc(C2CC(=O)Nc3c2c(C)nn3-c2nc3ccc(C)cc3s2)cc1OC. The van der Waals surface area contributed by atoms with E-state index in [1.54, 1.807) is 23.1 Å². The second kappa shape index (κ2) is 8.26. The first-order chi connectivity index (χ1) is 16.0. The summed E-state index contributed by atoms with van der Waals surface area (Å²) in [5.41, 5.74) is 4.85. The molecule has 1 aliphatic rings.